The molecule has 0 aliphatic carbocycles. The topological polar surface area (TPSA) is 0 Å². The maximum absolute atomic E-state index is 6.05. The SMILES string of the molecule is C=Cc1ccc2cccc(Cl)c2c1. The zero-order chi connectivity index (χ0) is 9.26. The standard InChI is InChI=1S/C12H9Cl/c1-2-9-6-7-10-4-3-5-12(13)11(10)8-9/h2-8H,1H2. The lowest BCUT2D eigenvalue weighted by Gasteiger charge is -2.00. The molecule has 1 heteroatoms. The monoisotopic (exact) mass is 188 g/mol. The number of rotatable bonds is 1. The van der Waals surface area contributed by atoms with E-state index in [1.807, 2.05) is 36.4 Å². The van der Waals surface area contributed by atoms with E-state index >= 15 is 0 Å². The van der Waals surface area contributed by atoms with E-state index in [1.54, 1.807) is 0 Å². The van der Waals surface area contributed by atoms with Crippen LogP contribution in [0, 0.1) is 0 Å². The summed E-state index contributed by atoms with van der Waals surface area (Å²) in [6.45, 7) is 3.72. The van der Waals surface area contributed by atoms with E-state index < -0.39 is 0 Å². The van der Waals surface area contributed by atoms with Crippen LogP contribution in [0.5, 0.6) is 0 Å². The third-order valence-corrected chi connectivity index (χ3v) is 2.42. The van der Waals surface area contributed by atoms with E-state index in [1.165, 1.54) is 0 Å². The van der Waals surface area contributed by atoms with Crippen LogP contribution in [0.2, 0.25) is 5.02 Å². The Morgan fingerprint density at radius 3 is 2.77 bits per heavy atom. The maximum Gasteiger partial charge on any atom is 0.0484 e. The quantitative estimate of drug-likeness (QED) is 0.631. The molecule has 0 aliphatic rings. The Balaban J connectivity index is 2.81. The van der Waals surface area contributed by atoms with Crippen LogP contribution in [0.15, 0.2) is 43.0 Å². The Kier molecular flexibility index (Phi) is 2.07. The first kappa shape index (κ1) is 8.33. The van der Waals surface area contributed by atoms with Crippen molar-refractivity contribution in [3.05, 3.63) is 53.6 Å². The molecule has 2 rings (SSSR count). The van der Waals surface area contributed by atoms with Gasteiger partial charge in [0.2, 0.25) is 0 Å². The largest absolute Gasteiger partial charge is 0.0985 e. The molecular weight excluding hydrogens is 180 g/mol. The van der Waals surface area contributed by atoms with Crippen LogP contribution in [-0.2, 0) is 0 Å². The van der Waals surface area contributed by atoms with E-state index in [2.05, 4.69) is 12.6 Å². The fraction of sp³-hybridized carbons (Fsp3) is 0. The zero-order valence-corrected chi connectivity index (χ0v) is 7.88. The summed E-state index contributed by atoms with van der Waals surface area (Å²) in [4.78, 5) is 0. The van der Waals surface area contributed by atoms with Gasteiger partial charge in [-0.15, -0.1) is 0 Å². The first-order valence-electron chi connectivity index (χ1n) is 4.12. The molecule has 0 amide bonds. The Labute approximate surface area is 82.5 Å². The summed E-state index contributed by atoms with van der Waals surface area (Å²) in [7, 11) is 0. The molecule has 2 aromatic carbocycles. The molecule has 0 atom stereocenters. The van der Waals surface area contributed by atoms with Crippen molar-refractivity contribution in [2.75, 3.05) is 0 Å². The summed E-state index contributed by atoms with van der Waals surface area (Å²) in [6.07, 6.45) is 1.82. The first-order valence-corrected chi connectivity index (χ1v) is 4.50. The maximum atomic E-state index is 6.05. The van der Waals surface area contributed by atoms with E-state index in [9.17, 15) is 0 Å². The van der Waals surface area contributed by atoms with Crippen molar-refractivity contribution in [1.82, 2.24) is 0 Å². The van der Waals surface area contributed by atoms with Crippen molar-refractivity contribution in [1.29, 1.82) is 0 Å². The van der Waals surface area contributed by atoms with E-state index in [4.69, 9.17) is 11.6 Å². The molecule has 0 aliphatic heterocycles. The highest BCUT2D eigenvalue weighted by Gasteiger charge is 1.97. The Morgan fingerprint density at radius 1 is 1.15 bits per heavy atom. The second-order valence-electron chi connectivity index (χ2n) is 2.92. The van der Waals surface area contributed by atoms with Crippen LogP contribution in [0.4, 0.5) is 0 Å². The fourth-order valence-electron chi connectivity index (χ4n) is 1.38. The number of fused-ring (bicyclic) bond motifs is 1. The van der Waals surface area contributed by atoms with Crippen molar-refractivity contribution < 1.29 is 0 Å². The minimum atomic E-state index is 0.793. The highest BCUT2D eigenvalue weighted by Crippen LogP contribution is 2.24. The molecule has 0 saturated heterocycles. The smallest absolute Gasteiger partial charge is 0.0484 e. The predicted molar refractivity (Wildman–Crippen MR) is 59.0 cm³/mol. The number of hydrogen-bond donors (Lipinski definition) is 0. The fourth-order valence-corrected chi connectivity index (χ4v) is 1.62. The molecule has 0 unspecified atom stereocenters. The van der Waals surface area contributed by atoms with Gasteiger partial charge in [-0.2, -0.15) is 0 Å². The molecule has 2 aromatic rings. The summed E-state index contributed by atoms with van der Waals surface area (Å²) in [6, 6.07) is 12.0. The molecule has 0 bridgehead atoms. The van der Waals surface area contributed by atoms with Crippen LogP contribution >= 0.6 is 11.6 Å². The normalized spacial score (nSPS) is 10.2. The molecule has 0 fully saturated rings. The molecule has 0 N–H and O–H groups in total. The van der Waals surface area contributed by atoms with Gasteiger partial charge in [0.25, 0.3) is 0 Å². The van der Waals surface area contributed by atoms with Gasteiger partial charge in [-0.05, 0) is 23.1 Å². The first-order chi connectivity index (χ1) is 6.31. The van der Waals surface area contributed by atoms with Crippen LogP contribution in [0.1, 0.15) is 5.56 Å². The van der Waals surface area contributed by atoms with Crippen molar-refractivity contribution >= 4 is 28.4 Å². The number of benzene rings is 2. The van der Waals surface area contributed by atoms with Gasteiger partial charge in [0.1, 0.15) is 0 Å². The van der Waals surface area contributed by atoms with E-state index in [0.717, 1.165) is 21.4 Å². The molecule has 0 heterocycles. The summed E-state index contributed by atoms with van der Waals surface area (Å²) in [5.74, 6) is 0. The molecule has 0 radical (unpaired) electrons. The van der Waals surface area contributed by atoms with E-state index in [0.29, 0.717) is 0 Å². The van der Waals surface area contributed by atoms with Crippen LogP contribution < -0.4 is 0 Å². The number of halogens is 1. The highest BCUT2D eigenvalue weighted by molar-refractivity contribution is 6.35. The van der Waals surface area contributed by atoms with Crippen LogP contribution in [0.25, 0.3) is 16.8 Å². The average Bonchev–Trinajstić information content (AvgIpc) is 2.18. The summed E-state index contributed by atoms with van der Waals surface area (Å²) < 4.78 is 0. The van der Waals surface area contributed by atoms with Gasteiger partial charge in [0, 0.05) is 10.4 Å². The third-order valence-electron chi connectivity index (χ3n) is 2.09. The van der Waals surface area contributed by atoms with Crippen molar-refractivity contribution in [3.63, 3.8) is 0 Å². The van der Waals surface area contributed by atoms with E-state index in [-0.39, 0.29) is 0 Å². The summed E-state index contributed by atoms with van der Waals surface area (Å²) >= 11 is 6.05. The van der Waals surface area contributed by atoms with Gasteiger partial charge < -0.3 is 0 Å². The van der Waals surface area contributed by atoms with Crippen molar-refractivity contribution in [2.24, 2.45) is 0 Å². The summed E-state index contributed by atoms with van der Waals surface area (Å²) in [5, 5.41) is 3.04. The highest BCUT2D eigenvalue weighted by atomic mass is 35.5. The van der Waals surface area contributed by atoms with Gasteiger partial charge in [0.05, 0.1) is 0 Å². The second kappa shape index (κ2) is 3.23. The third kappa shape index (κ3) is 1.45. The van der Waals surface area contributed by atoms with Crippen LogP contribution in [-0.4, -0.2) is 0 Å². The lowest BCUT2D eigenvalue weighted by molar-refractivity contribution is 1.71. The molecule has 13 heavy (non-hydrogen) atoms. The van der Waals surface area contributed by atoms with Gasteiger partial charge >= 0.3 is 0 Å². The summed E-state index contributed by atoms with van der Waals surface area (Å²) in [5.41, 5.74) is 1.10. The van der Waals surface area contributed by atoms with Crippen LogP contribution in [0.3, 0.4) is 0 Å². The second-order valence-corrected chi connectivity index (χ2v) is 3.33. The molecule has 0 aromatic heterocycles. The average molecular weight is 189 g/mol. The van der Waals surface area contributed by atoms with Crippen molar-refractivity contribution in [3.8, 4) is 0 Å². The lowest BCUT2D eigenvalue weighted by Crippen LogP contribution is -1.76. The Morgan fingerprint density at radius 2 is 2.00 bits per heavy atom. The zero-order valence-electron chi connectivity index (χ0n) is 7.13. The minimum Gasteiger partial charge on any atom is -0.0985 e. The predicted octanol–water partition coefficient (Wildman–Crippen LogP) is 4.14. The van der Waals surface area contributed by atoms with Gasteiger partial charge in [0.15, 0.2) is 0 Å². The molecule has 64 valence electrons. The van der Waals surface area contributed by atoms with Crippen molar-refractivity contribution in [2.45, 2.75) is 0 Å². The molecule has 0 spiro atoms. The molecule has 0 nitrogen and oxygen atoms in total. The van der Waals surface area contributed by atoms with Gasteiger partial charge in [-0.1, -0.05) is 48.5 Å². The lowest BCUT2D eigenvalue weighted by atomic mass is 10.1. The van der Waals surface area contributed by atoms with Gasteiger partial charge in [-0.25, -0.2) is 0 Å². The minimum absolute atomic E-state index is 0.793. The molecular formula is C12H9Cl. The molecule has 0 saturated carbocycles. The Hall–Kier alpha value is -1.27. The van der Waals surface area contributed by atoms with Gasteiger partial charge in [-0.3, -0.25) is 0 Å². The number of hydrogen-bond acceptors (Lipinski definition) is 0. The Bertz CT molecular complexity index is 458.